The third-order valence-electron chi connectivity index (χ3n) is 3.13. The number of carboxylic acid groups (broad SMARTS) is 1. The monoisotopic (exact) mass is 354 g/mol. The fourth-order valence-corrected chi connectivity index (χ4v) is 2.39. The Morgan fingerprint density at radius 1 is 1.29 bits per heavy atom. The zero-order valence-electron chi connectivity index (χ0n) is 11.0. The third kappa shape index (κ3) is 3.69. The molecule has 6 nitrogen and oxygen atoms in total. The van der Waals surface area contributed by atoms with Gasteiger partial charge in [0, 0.05) is 10.9 Å². The number of carbonyl (C=O) groups is 1. The van der Waals surface area contributed by atoms with E-state index in [4.69, 9.17) is 5.11 Å². The van der Waals surface area contributed by atoms with Crippen LogP contribution in [0.15, 0.2) is 30.3 Å². The Morgan fingerprint density at radius 3 is 2.48 bits per heavy atom. The van der Waals surface area contributed by atoms with Crippen LogP contribution in [0.1, 0.15) is 28.6 Å². The van der Waals surface area contributed by atoms with Crippen molar-refractivity contribution in [1.29, 1.82) is 0 Å². The predicted molar refractivity (Wildman–Crippen MR) is 80.4 cm³/mol. The Balaban J connectivity index is 2.16. The van der Waals surface area contributed by atoms with Gasteiger partial charge in [-0.2, -0.15) is 5.10 Å². The van der Waals surface area contributed by atoms with Crippen molar-refractivity contribution in [2.24, 2.45) is 0 Å². The number of hydrogen-bond donors (Lipinski definition) is 4. The van der Waals surface area contributed by atoms with Crippen LogP contribution < -0.4 is 0 Å². The molecule has 2 rings (SSSR count). The Hall–Kier alpha value is -1.70. The largest absolute Gasteiger partial charge is 0.477 e. The molecule has 0 bridgehead atoms. The molecule has 0 radical (unpaired) electrons. The predicted octanol–water partition coefficient (Wildman–Crippen LogP) is 1.95. The summed E-state index contributed by atoms with van der Waals surface area (Å²) in [4.78, 5) is 10.8. The second-order valence-corrected chi connectivity index (χ2v) is 5.38. The van der Waals surface area contributed by atoms with Crippen molar-refractivity contribution < 1.29 is 20.1 Å². The van der Waals surface area contributed by atoms with Crippen molar-refractivity contribution in [2.45, 2.75) is 18.6 Å². The highest BCUT2D eigenvalue weighted by Crippen LogP contribution is 2.24. The Kier molecular flexibility index (Phi) is 5.11. The first-order chi connectivity index (χ1) is 10.0. The van der Waals surface area contributed by atoms with Crippen molar-refractivity contribution in [3.63, 3.8) is 0 Å². The molecule has 0 saturated heterocycles. The van der Waals surface area contributed by atoms with Gasteiger partial charge in [-0.25, -0.2) is 4.79 Å². The summed E-state index contributed by atoms with van der Waals surface area (Å²) >= 11 is 3.22. The highest BCUT2D eigenvalue weighted by Gasteiger charge is 2.18. The van der Waals surface area contributed by atoms with Crippen LogP contribution in [-0.2, 0) is 0 Å². The topological polar surface area (TPSA) is 106 Å². The zero-order valence-corrected chi connectivity index (χ0v) is 12.6. The minimum Gasteiger partial charge on any atom is -0.477 e. The van der Waals surface area contributed by atoms with E-state index in [1.54, 1.807) is 24.3 Å². The Bertz CT molecular complexity index is 612. The number of benzene rings is 1. The molecular formula is C14H15BrN2O4. The van der Waals surface area contributed by atoms with Crippen LogP contribution in [0, 0.1) is 0 Å². The highest BCUT2D eigenvalue weighted by molar-refractivity contribution is 9.09. The molecule has 0 aliphatic heterocycles. The van der Waals surface area contributed by atoms with E-state index in [0.29, 0.717) is 23.0 Å². The fourth-order valence-electron chi connectivity index (χ4n) is 1.92. The summed E-state index contributed by atoms with van der Waals surface area (Å²) in [5.74, 6) is -1.07. The van der Waals surface area contributed by atoms with Crippen LogP contribution in [0.4, 0.5) is 0 Å². The summed E-state index contributed by atoms with van der Waals surface area (Å²) in [6.45, 7) is 0. The van der Waals surface area contributed by atoms with E-state index in [1.807, 2.05) is 0 Å². The maximum atomic E-state index is 10.8. The summed E-state index contributed by atoms with van der Waals surface area (Å²) in [7, 11) is 0. The lowest BCUT2D eigenvalue weighted by molar-refractivity contribution is 0.0174. The SMILES string of the molecule is O=C(O)c1cc(-c2ccc(C(O)C(O)CCBr)cc2)n[nH]1. The minimum atomic E-state index is -1.07. The van der Waals surface area contributed by atoms with Crippen LogP contribution in [0.25, 0.3) is 11.3 Å². The standard InChI is InChI=1S/C14H15BrN2O4/c15-6-5-12(18)13(19)9-3-1-8(2-4-9)10-7-11(14(20)21)17-16-10/h1-4,7,12-13,18-19H,5-6H2,(H,16,17)(H,20,21). The molecule has 0 fully saturated rings. The number of H-pyrrole nitrogens is 1. The molecule has 0 saturated carbocycles. The highest BCUT2D eigenvalue weighted by atomic mass is 79.9. The summed E-state index contributed by atoms with van der Waals surface area (Å²) in [5, 5.41) is 35.5. The zero-order chi connectivity index (χ0) is 15.4. The van der Waals surface area contributed by atoms with Crippen LogP contribution in [-0.4, -0.2) is 42.9 Å². The molecule has 0 amide bonds. The number of hydrogen-bond acceptors (Lipinski definition) is 4. The lowest BCUT2D eigenvalue weighted by Gasteiger charge is -2.17. The molecule has 2 unspecified atom stereocenters. The average Bonchev–Trinajstić information content (AvgIpc) is 2.97. The summed E-state index contributed by atoms with van der Waals surface area (Å²) in [5.41, 5.74) is 1.85. The van der Waals surface area contributed by atoms with E-state index >= 15 is 0 Å². The summed E-state index contributed by atoms with van der Waals surface area (Å²) < 4.78 is 0. The van der Waals surface area contributed by atoms with Gasteiger partial charge in [-0.15, -0.1) is 0 Å². The van der Waals surface area contributed by atoms with Gasteiger partial charge in [0.15, 0.2) is 0 Å². The van der Waals surface area contributed by atoms with Crippen LogP contribution in [0.3, 0.4) is 0 Å². The molecule has 21 heavy (non-hydrogen) atoms. The van der Waals surface area contributed by atoms with E-state index < -0.39 is 18.2 Å². The molecular weight excluding hydrogens is 340 g/mol. The van der Waals surface area contributed by atoms with Gasteiger partial charge in [-0.3, -0.25) is 5.10 Å². The molecule has 2 atom stereocenters. The molecule has 112 valence electrons. The maximum absolute atomic E-state index is 10.8. The number of aromatic amines is 1. The number of alkyl halides is 1. The molecule has 0 aliphatic rings. The van der Waals surface area contributed by atoms with Gasteiger partial charge >= 0.3 is 5.97 Å². The van der Waals surface area contributed by atoms with Crippen LogP contribution in [0.5, 0.6) is 0 Å². The number of rotatable bonds is 6. The van der Waals surface area contributed by atoms with Crippen molar-refractivity contribution in [3.8, 4) is 11.3 Å². The van der Waals surface area contributed by atoms with Crippen molar-refractivity contribution in [2.75, 3.05) is 5.33 Å². The van der Waals surface area contributed by atoms with Gasteiger partial charge in [-0.05, 0) is 18.1 Å². The van der Waals surface area contributed by atoms with Crippen molar-refractivity contribution in [1.82, 2.24) is 10.2 Å². The van der Waals surface area contributed by atoms with Gasteiger partial charge in [0.25, 0.3) is 0 Å². The summed E-state index contributed by atoms with van der Waals surface area (Å²) in [6.07, 6.45) is -1.34. The third-order valence-corrected chi connectivity index (χ3v) is 3.58. The molecule has 2 aromatic rings. The smallest absolute Gasteiger partial charge is 0.353 e. The van der Waals surface area contributed by atoms with Gasteiger partial charge in [0.1, 0.15) is 11.8 Å². The number of aromatic carboxylic acids is 1. The molecule has 0 spiro atoms. The van der Waals surface area contributed by atoms with Crippen molar-refractivity contribution >= 4 is 21.9 Å². The number of nitrogens with one attached hydrogen (secondary N) is 1. The fraction of sp³-hybridized carbons (Fsp3) is 0.286. The average molecular weight is 355 g/mol. The molecule has 7 heteroatoms. The van der Waals surface area contributed by atoms with Gasteiger partial charge < -0.3 is 15.3 Å². The number of aromatic nitrogens is 2. The summed E-state index contributed by atoms with van der Waals surface area (Å²) in [6, 6.07) is 8.26. The first-order valence-corrected chi connectivity index (χ1v) is 7.46. The van der Waals surface area contributed by atoms with Crippen LogP contribution in [0.2, 0.25) is 0 Å². The Labute approximate surface area is 129 Å². The second-order valence-electron chi connectivity index (χ2n) is 4.58. The lowest BCUT2D eigenvalue weighted by atomic mass is 10.0. The van der Waals surface area contributed by atoms with E-state index in [9.17, 15) is 15.0 Å². The quantitative estimate of drug-likeness (QED) is 0.593. The second kappa shape index (κ2) is 6.84. The molecule has 0 aliphatic carbocycles. The first-order valence-electron chi connectivity index (χ1n) is 6.34. The van der Waals surface area contributed by atoms with Gasteiger partial charge in [0.2, 0.25) is 0 Å². The Morgan fingerprint density at radius 2 is 1.95 bits per heavy atom. The number of aliphatic hydroxyl groups is 2. The maximum Gasteiger partial charge on any atom is 0.353 e. The van der Waals surface area contributed by atoms with E-state index in [1.165, 1.54) is 6.07 Å². The normalized spacial score (nSPS) is 13.9. The molecule has 1 aromatic heterocycles. The minimum absolute atomic E-state index is 0.0156. The van der Waals surface area contributed by atoms with Crippen LogP contribution >= 0.6 is 15.9 Å². The van der Waals surface area contributed by atoms with Gasteiger partial charge in [-0.1, -0.05) is 40.2 Å². The number of carboxylic acids is 1. The molecule has 1 aromatic carbocycles. The van der Waals surface area contributed by atoms with E-state index in [0.717, 1.165) is 5.56 Å². The first kappa shape index (κ1) is 15.7. The molecule has 4 N–H and O–H groups in total. The number of aliphatic hydroxyl groups excluding tert-OH is 2. The number of halogens is 1. The molecule has 1 heterocycles. The van der Waals surface area contributed by atoms with Crippen molar-refractivity contribution in [3.05, 3.63) is 41.6 Å². The van der Waals surface area contributed by atoms with E-state index in [2.05, 4.69) is 26.1 Å². The number of nitrogens with zero attached hydrogens (tertiary/aromatic N) is 1. The van der Waals surface area contributed by atoms with E-state index in [-0.39, 0.29) is 5.69 Å². The lowest BCUT2D eigenvalue weighted by Crippen LogP contribution is -2.18. The van der Waals surface area contributed by atoms with Gasteiger partial charge in [0.05, 0.1) is 11.8 Å².